The summed E-state index contributed by atoms with van der Waals surface area (Å²) in [7, 11) is 0. The fourth-order valence-electron chi connectivity index (χ4n) is 1.21. The molecule has 0 spiro atoms. The summed E-state index contributed by atoms with van der Waals surface area (Å²) >= 11 is 0. The molecule has 0 radical (unpaired) electrons. The minimum Gasteiger partial charge on any atom is -0.422 e. The number of carbonyl (C=O) groups excluding carboxylic acids is 2. The second-order valence-corrected chi connectivity index (χ2v) is 3.93. The molecule has 0 aromatic heterocycles. The van der Waals surface area contributed by atoms with Gasteiger partial charge in [0.25, 0.3) is 0 Å². The Morgan fingerprint density at radius 3 is 2.42 bits per heavy atom. The summed E-state index contributed by atoms with van der Waals surface area (Å²) in [6.45, 7) is 6.42. The molecule has 1 aromatic rings. The molecule has 100 valence electrons. The van der Waals surface area contributed by atoms with Crippen LogP contribution in [-0.4, -0.2) is 18.2 Å². The monoisotopic (exact) mass is 260 g/mol. The van der Waals surface area contributed by atoms with Gasteiger partial charge in [0.15, 0.2) is 0 Å². The van der Waals surface area contributed by atoms with Crippen LogP contribution in [0.15, 0.2) is 48.6 Å². The molecule has 0 heterocycles. The van der Waals surface area contributed by atoms with Crippen molar-refractivity contribution < 1.29 is 19.1 Å². The molecule has 4 heteroatoms. The Kier molecular flexibility index (Phi) is 5.54. The summed E-state index contributed by atoms with van der Waals surface area (Å²) in [5.74, 6) is -1.17. The van der Waals surface area contributed by atoms with Crippen LogP contribution >= 0.6 is 0 Å². The van der Waals surface area contributed by atoms with Crippen LogP contribution < -0.4 is 0 Å². The number of hydrogen-bond acceptors (Lipinski definition) is 4. The quantitative estimate of drug-likeness (QED) is 0.464. The second-order valence-electron chi connectivity index (χ2n) is 3.93. The van der Waals surface area contributed by atoms with Gasteiger partial charge in [-0.3, -0.25) is 0 Å². The molecule has 0 saturated carbocycles. The smallest absolute Gasteiger partial charge is 0.336 e. The number of esters is 2. The highest BCUT2D eigenvalue weighted by Gasteiger charge is 2.12. The Balaban J connectivity index is 2.45. The summed E-state index contributed by atoms with van der Waals surface area (Å²) in [6, 6.07) is 9.32. The summed E-state index contributed by atoms with van der Waals surface area (Å²) in [4.78, 5) is 22.6. The summed E-state index contributed by atoms with van der Waals surface area (Å²) in [5, 5.41) is 0. The summed E-state index contributed by atoms with van der Waals surface area (Å²) in [6.07, 6.45) is 1.95. The maximum Gasteiger partial charge on any atom is 0.336 e. The van der Waals surface area contributed by atoms with Crippen molar-refractivity contribution >= 4 is 18.0 Å². The third-order valence-electron chi connectivity index (χ3n) is 2.12. The number of ether oxygens (including phenoxy) is 2. The maximum absolute atomic E-state index is 11.5. The lowest BCUT2D eigenvalue weighted by atomic mass is 10.2. The molecule has 0 fully saturated rings. The number of rotatable bonds is 5. The standard InChI is InChI=1S/C15H16O4/c1-11(2)15(17)19-12(3)18-14(16)10-9-13-7-5-4-6-8-13/h4-10,12H,1H2,2-3H3. The van der Waals surface area contributed by atoms with Crippen molar-refractivity contribution in [1.29, 1.82) is 0 Å². The van der Waals surface area contributed by atoms with Crippen LogP contribution in [0.2, 0.25) is 0 Å². The first-order valence-electron chi connectivity index (χ1n) is 5.79. The minimum atomic E-state index is -0.947. The molecule has 1 unspecified atom stereocenters. The van der Waals surface area contributed by atoms with Gasteiger partial charge in [0.2, 0.25) is 6.29 Å². The van der Waals surface area contributed by atoms with Gasteiger partial charge in [0.05, 0.1) is 0 Å². The highest BCUT2D eigenvalue weighted by Crippen LogP contribution is 2.04. The van der Waals surface area contributed by atoms with Crippen LogP contribution in [0.3, 0.4) is 0 Å². The lowest BCUT2D eigenvalue weighted by molar-refractivity contribution is -0.177. The zero-order valence-electron chi connectivity index (χ0n) is 11.0. The van der Waals surface area contributed by atoms with E-state index in [1.807, 2.05) is 30.3 Å². The van der Waals surface area contributed by atoms with E-state index in [2.05, 4.69) is 6.58 Å². The molecule has 0 aliphatic carbocycles. The Morgan fingerprint density at radius 2 is 1.84 bits per heavy atom. The van der Waals surface area contributed by atoms with E-state index < -0.39 is 18.2 Å². The molecule has 1 aromatic carbocycles. The van der Waals surface area contributed by atoms with Crippen LogP contribution in [0.25, 0.3) is 6.08 Å². The largest absolute Gasteiger partial charge is 0.422 e. The van der Waals surface area contributed by atoms with E-state index in [-0.39, 0.29) is 5.57 Å². The third kappa shape index (κ3) is 5.68. The zero-order chi connectivity index (χ0) is 14.3. The van der Waals surface area contributed by atoms with Crippen LogP contribution in [-0.2, 0) is 19.1 Å². The molecule has 19 heavy (non-hydrogen) atoms. The minimum absolute atomic E-state index is 0.253. The molecule has 0 aliphatic rings. The normalized spacial score (nSPS) is 11.9. The fraction of sp³-hybridized carbons (Fsp3) is 0.200. The van der Waals surface area contributed by atoms with E-state index in [0.29, 0.717) is 0 Å². The van der Waals surface area contributed by atoms with Crippen LogP contribution in [0.4, 0.5) is 0 Å². The van der Waals surface area contributed by atoms with Crippen LogP contribution in [0, 0.1) is 0 Å². The topological polar surface area (TPSA) is 52.6 Å². The van der Waals surface area contributed by atoms with Gasteiger partial charge in [-0.05, 0) is 18.6 Å². The molecule has 0 aliphatic heterocycles. The Morgan fingerprint density at radius 1 is 1.21 bits per heavy atom. The molecular formula is C15H16O4. The first-order chi connectivity index (χ1) is 8.99. The average molecular weight is 260 g/mol. The average Bonchev–Trinajstić information content (AvgIpc) is 2.37. The summed E-state index contributed by atoms with van der Waals surface area (Å²) < 4.78 is 9.70. The van der Waals surface area contributed by atoms with E-state index in [9.17, 15) is 9.59 Å². The second kappa shape index (κ2) is 7.16. The predicted molar refractivity (Wildman–Crippen MR) is 71.9 cm³/mol. The van der Waals surface area contributed by atoms with Gasteiger partial charge < -0.3 is 9.47 Å². The first-order valence-corrected chi connectivity index (χ1v) is 5.79. The van der Waals surface area contributed by atoms with Gasteiger partial charge in [0.1, 0.15) is 0 Å². The van der Waals surface area contributed by atoms with E-state index >= 15 is 0 Å². The number of carbonyl (C=O) groups is 2. The van der Waals surface area contributed by atoms with Crippen molar-refractivity contribution in [2.75, 3.05) is 0 Å². The fourth-order valence-corrected chi connectivity index (χ4v) is 1.21. The highest BCUT2D eigenvalue weighted by molar-refractivity contribution is 5.88. The van der Waals surface area contributed by atoms with Gasteiger partial charge >= 0.3 is 11.9 Å². The van der Waals surface area contributed by atoms with Crippen molar-refractivity contribution in [1.82, 2.24) is 0 Å². The van der Waals surface area contributed by atoms with Gasteiger partial charge in [-0.2, -0.15) is 0 Å². The lowest BCUT2D eigenvalue weighted by Gasteiger charge is -2.12. The van der Waals surface area contributed by atoms with Crippen molar-refractivity contribution in [3.63, 3.8) is 0 Å². The number of benzene rings is 1. The van der Waals surface area contributed by atoms with Crippen LogP contribution in [0.1, 0.15) is 19.4 Å². The van der Waals surface area contributed by atoms with E-state index in [0.717, 1.165) is 5.56 Å². The van der Waals surface area contributed by atoms with Gasteiger partial charge in [-0.1, -0.05) is 36.9 Å². The zero-order valence-corrected chi connectivity index (χ0v) is 11.0. The van der Waals surface area contributed by atoms with Gasteiger partial charge in [-0.25, -0.2) is 9.59 Å². The van der Waals surface area contributed by atoms with E-state index in [4.69, 9.17) is 9.47 Å². The van der Waals surface area contributed by atoms with E-state index in [1.165, 1.54) is 19.9 Å². The summed E-state index contributed by atoms with van der Waals surface area (Å²) in [5.41, 5.74) is 1.13. The van der Waals surface area contributed by atoms with Crippen molar-refractivity contribution in [3.05, 3.63) is 54.1 Å². The van der Waals surface area contributed by atoms with Crippen molar-refractivity contribution in [2.24, 2.45) is 0 Å². The first kappa shape index (κ1) is 14.7. The Labute approximate surface area is 112 Å². The molecule has 1 atom stereocenters. The molecule has 0 saturated heterocycles. The molecule has 4 nitrogen and oxygen atoms in total. The van der Waals surface area contributed by atoms with Gasteiger partial charge in [0, 0.05) is 18.6 Å². The third-order valence-corrected chi connectivity index (χ3v) is 2.12. The van der Waals surface area contributed by atoms with Crippen molar-refractivity contribution in [3.8, 4) is 0 Å². The SMILES string of the molecule is C=C(C)C(=O)OC(C)OC(=O)C=Cc1ccccc1. The Bertz CT molecular complexity index is 488. The molecule has 0 N–H and O–H groups in total. The molecule has 1 rings (SSSR count). The molecular weight excluding hydrogens is 244 g/mol. The maximum atomic E-state index is 11.5. The van der Waals surface area contributed by atoms with Gasteiger partial charge in [-0.15, -0.1) is 0 Å². The van der Waals surface area contributed by atoms with Crippen LogP contribution in [0.5, 0.6) is 0 Å². The number of hydrogen-bond donors (Lipinski definition) is 0. The Hall–Kier alpha value is -2.36. The van der Waals surface area contributed by atoms with E-state index in [1.54, 1.807) is 6.08 Å². The highest BCUT2D eigenvalue weighted by atomic mass is 16.7. The molecule has 0 bridgehead atoms. The lowest BCUT2D eigenvalue weighted by Crippen LogP contribution is -2.20. The molecule has 0 amide bonds. The van der Waals surface area contributed by atoms with Crippen molar-refractivity contribution in [2.45, 2.75) is 20.1 Å². The predicted octanol–water partition coefficient (Wildman–Crippen LogP) is 2.71.